The summed E-state index contributed by atoms with van der Waals surface area (Å²) in [5.41, 5.74) is 6.75. The van der Waals surface area contributed by atoms with Crippen LogP contribution in [0.1, 0.15) is 76.8 Å². The van der Waals surface area contributed by atoms with Gasteiger partial charge in [-0.15, -0.1) is 0 Å². The number of aryl methyl sites for hydroxylation is 1. The van der Waals surface area contributed by atoms with Gasteiger partial charge in [0, 0.05) is 69.1 Å². The highest BCUT2D eigenvalue weighted by Crippen LogP contribution is 2.43. The topological polar surface area (TPSA) is 160 Å². The van der Waals surface area contributed by atoms with E-state index in [9.17, 15) is 37.1 Å². The van der Waals surface area contributed by atoms with Gasteiger partial charge >= 0.3 is 12.1 Å². The Hall–Kier alpha value is -6.01. The molecule has 2 fully saturated rings. The van der Waals surface area contributed by atoms with Crippen molar-refractivity contribution in [3.8, 4) is 22.4 Å². The lowest BCUT2D eigenvalue weighted by molar-refractivity contribution is -0.155. The lowest BCUT2D eigenvalue weighted by atomic mass is 9.84. The molecule has 1 unspecified atom stereocenters. The van der Waals surface area contributed by atoms with Gasteiger partial charge in [0.15, 0.2) is 0 Å². The van der Waals surface area contributed by atoms with Crippen LogP contribution in [0, 0.1) is 17.3 Å². The first-order valence-electron chi connectivity index (χ1n) is 23.2. The molecule has 6 bridgehead atoms. The van der Waals surface area contributed by atoms with E-state index in [0.29, 0.717) is 70.4 Å². The number of fused-ring (bicyclic) bond motifs is 6. The highest BCUT2D eigenvalue weighted by atomic mass is 19.4. The van der Waals surface area contributed by atoms with E-state index in [1.165, 1.54) is 27.7 Å². The van der Waals surface area contributed by atoms with Gasteiger partial charge in [-0.3, -0.25) is 33.7 Å². The fraction of sp³-hybridized carbons (Fsp3) is 0.520. The summed E-state index contributed by atoms with van der Waals surface area (Å²) in [6.07, 6.45) is -0.852. The molecule has 2 aromatic heterocycles. The van der Waals surface area contributed by atoms with Crippen molar-refractivity contribution in [1.82, 2.24) is 39.9 Å². The number of amides is 4. The Morgan fingerprint density at radius 2 is 1.82 bits per heavy atom. The van der Waals surface area contributed by atoms with Crippen molar-refractivity contribution >= 4 is 40.5 Å². The lowest BCUT2D eigenvalue weighted by Crippen LogP contribution is -2.62. The molecule has 68 heavy (non-hydrogen) atoms. The van der Waals surface area contributed by atoms with Gasteiger partial charge in [-0.2, -0.15) is 18.3 Å². The Balaban J connectivity index is 1.32. The number of carbonyl (C=O) groups is 5. The van der Waals surface area contributed by atoms with Crippen molar-refractivity contribution in [3.05, 3.63) is 78.1 Å². The summed E-state index contributed by atoms with van der Waals surface area (Å²) in [5, 5.41) is 9.39. The molecule has 0 radical (unpaired) electrons. The Labute approximate surface area is 394 Å². The van der Waals surface area contributed by atoms with Gasteiger partial charge in [0.2, 0.25) is 17.7 Å². The van der Waals surface area contributed by atoms with Gasteiger partial charge in [0.1, 0.15) is 24.7 Å². The van der Waals surface area contributed by atoms with Gasteiger partial charge in [0.25, 0.3) is 5.91 Å². The molecule has 5 heterocycles. The zero-order valence-corrected chi connectivity index (χ0v) is 40.1. The summed E-state index contributed by atoms with van der Waals surface area (Å²) in [5.74, 6) is -3.09. The fourth-order valence-electron chi connectivity index (χ4n) is 10.1. The summed E-state index contributed by atoms with van der Waals surface area (Å²) in [4.78, 5) is 72.2. The van der Waals surface area contributed by atoms with E-state index in [4.69, 9.17) is 9.47 Å². The van der Waals surface area contributed by atoms with Crippen LogP contribution in [0.25, 0.3) is 33.3 Å². The minimum absolute atomic E-state index is 0.0185. The van der Waals surface area contributed by atoms with E-state index in [1.807, 2.05) is 65.0 Å². The molecule has 15 nitrogen and oxygen atoms in total. The molecule has 366 valence electrons. The van der Waals surface area contributed by atoms with E-state index in [2.05, 4.69) is 22.4 Å². The van der Waals surface area contributed by atoms with Gasteiger partial charge in [-0.1, -0.05) is 64.6 Å². The smallest absolute Gasteiger partial charge is 0.406 e. The summed E-state index contributed by atoms with van der Waals surface area (Å²) in [7, 11) is 4.81. The molecule has 7 rings (SSSR count). The van der Waals surface area contributed by atoms with Crippen LogP contribution in [-0.4, -0.2) is 123 Å². The number of nitrogens with zero attached hydrogens (tertiary/aromatic N) is 6. The second kappa shape index (κ2) is 19.9. The monoisotopic (exact) mass is 944 g/mol. The predicted molar refractivity (Wildman–Crippen MR) is 249 cm³/mol. The van der Waals surface area contributed by atoms with Crippen molar-refractivity contribution in [1.29, 1.82) is 0 Å². The number of methoxy groups -OCH3 is 1. The number of hydrogen-bond donors (Lipinski definition) is 2. The first-order chi connectivity index (χ1) is 32.1. The highest BCUT2D eigenvalue weighted by molar-refractivity contribution is 5.96. The number of aromatic nitrogens is 3. The SMILES string of the molecule is C=CC(=O)N1CC[C@H](C(=O)N(C)[C@H](C(=O)NC2Cc3cccc(c3)-c3ccc4c(c3)c(c(-c3cnn(C)c3[C@H](C)OC)n4CC(F)(F)F)CC(C)(C)COC(=O)[C@@H]3CCCN(N3)C2=O)C(C)C)C1. The fourth-order valence-corrected chi connectivity index (χ4v) is 10.1. The van der Waals surface area contributed by atoms with Gasteiger partial charge in [-0.25, -0.2) is 5.43 Å². The quantitative estimate of drug-likeness (QED) is 0.141. The van der Waals surface area contributed by atoms with E-state index in [-0.39, 0.29) is 50.3 Å². The first-order valence-corrected chi connectivity index (χ1v) is 23.2. The second-order valence-electron chi connectivity index (χ2n) is 19.5. The van der Waals surface area contributed by atoms with Crippen LogP contribution < -0.4 is 10.7 Å². The zero-order valence-electron chi connectivity index (χ0n) is 40.1. The molecular formula is C50H63F3N8O7. The van der Waals surface area contributed by atoms with Crippen LogP contribution in [0.2, 0.25) is 0 Å². The third-order valence-corrected chi connectivity index (χ3v) is 13.5. The third kappa shape index (κ3) is 10.5. The Bertz CT molecular complexity index is 2580. The molecule has 0 aliphatic carbocycles. The number of rotatable bonds is 10. The summed E-state index contributed by atoms with van der Waals surface area (Å²) < 4.78 is 58.7. The summed E-state index contributed by atoms with van der Waals surface area (Å²) >= 11 is 0. The van der Waals surface area contributed by atoms with Crippen molar-refractivity contribution in [3.63, 3.8) is 0 Å². The van der Waals surface area contributed by atoms with Crippen LogP contribution in [0.15, 0.2) is 61.3 Å². The number of cyclic esters (lactones) is 1. The maximum atomic E-state index is 14.7. The van der Waals surface area contributed by atoms with Crippen LogP contribution in [-0.2, 0) is 59.9 Å². The molecule has 0 saturated carbocycles. The molecule has 4 amide bonds. The molecule has 2 aromatic carbocycles. The molecule has 2 saturated heterocycles. The molecule has 5 atom stereocenters. The van der Waals surface area contributed by atoms with E-state index < -0.39 is 66.1 Å². The molecule has 3 aliphatic heterocycles. The van der Waals surface area contributed by atoms with Gasteiger partial charge in [0.05, 0.1) is 36.2 Å². The number of nitrogens with one attached hydrogen (secondary N) is 2. The van der Waals surface area contributed by atoms with Crippen molar-refractivity contribution in [2.24, 2.45) is 24.3 Å². The lowest BCUT2D eigenvalue weighted by Gasteiger charge is -2.37. The highest BCUT2D eigenvalue weighted by Gasteiger charge is 2.41. The predicted octanol–water partition coefficient (Wildman–Crippen LogP) is 6.14. The Morgan fingerprint density at radius 1 is 1.09 bits per heavy atom. The van der Waals surface area contributed by atoms with Crippen LogP contribution in [0.5, 0.6) is 0 Å². The average Bonchev–Trinajstić information content (AvgIpc) is 4.02. The average molecular weight is 945 g/mol. The molecule has 0 spiro atoms. The number of hydrogen-bond acceptors (Lipinski definition) is 9. The molecule has 3 aliphatic rings. The number of likely N-dealkylation sites (N-methyl/N-ethyl adjacent to an activating group) is 1. The minimum atomic E-state index is -4.59. The standard InChI is InChI=1S/C50H63F3N8O7/c1-10-41(62)59-20-18-34(26-59)46(64)57(7)42(29(2)3)45(63)55-39-22-31-13-11-14-32(21-31)33-16-17-40-35(23-33)36(24-49(5,6)28-68-48(66)38-15-12-19-61(56-38)47(39)65)44(60(40)27-50(51,52)53)37-25-54-58(8)43(37)30(4)67-9/h10-11,13-14,16-17,21,23,25,29-30,34,38-39,42,56H,1,12,15,18-20,22,24,26-28H2,2-9H3,(H,55,63)/t30-,34-,38-,39?,42-/m0/s1. The first kappa shape index (κ1) is 49.9. The summed E-state index contributed by atoms with van der Waals surface area (Å²) in [6.45, 7) is 12.2. The Morgan fingerprint density at radius 3 is 2.51 bits per heavy atom. The second-order valence-corrected chi connectivity index (χ2v) is 19.5. The molecule has 2 N–H and O–H groups in total. The van der Waals surface area contributed by atoms with Gasteiger partial charge in [-0.05, 0) is 79.0 Å². The van der Waals surface area contributed by atoms with E-state index in [1.54, 1.807) is 42.0 Å². The number of ether oxygens (including phenoxy) is 2. The van der Waals surface area contributed by atoms with Crippen molar-refractivity contribution in [2.75, 3.05) is 40.4 Å². The molecule has 18 heteroatoms. The van der Waals surface area contributed by atoms with E-state index >= 15 is 0 Å². The minimum Gasteiger partial charge on any atom is -0.464 e. The number of esters is 1. The van der Waals surface area contributed by atoms with Crippen LogP contribution >= 0.6 is 0 Å². The molecular weight excluding hydrogens is 882 g/mol. The van der Waals surface area contributed by atoms with Crippen molar-refractivity contribution in [2.45, 2.75) is 104 Å². The maximum absolute atomic E-state index is 14.7. The van der Waals surface area contributed by atoms with Crippen LogP contribution in [0.4, 0.5) is 13.2 Å². The Kier molecular flexibility index (Phi) is 14.6. The number of hydrazine groups is 1. The van der Waals surface area contributed by atoms with Crippen molar-refractivity contribution < 1.29 is 46.6 Å². The molecule has 4 aromatic rings. The number of alkyl halides is 3. The maximum Gasteiger partial charge on any atom is 0.406 e. The van der Waals surface area contributed by atoms with Crippen LogP contribution in [0.3, 0.4) is 0 Å². The van der Waals surface area contributed by atoms with E-state index in [0.717, 1.165) is 5.56 Å². The summed E-state index contributed by atoms with van der Waals surface area (Å²) in [6, 6.07) is 9.72. The number of carbonyl (C=O) groups excluding carboxylic acids is 5. The van der Waals surface area contributed by atoms with Gasteiger partial charge < -0.3 is 29.2 Å². The normalized spacial score (nSPS) is 21.0. The number of halogens is 3. The zero-order chi connectivity index (χ0) is 49.4. The number of likely N-dealkylation sites (tertiary alicyclic amines) is 1. The largest absolute Gasteiger partial charge is 0.464 e. The number of benzene rings is 2. The third-order valence-electron chi connectivity index (χ3n) is 13.5.